The Labute approximate surface area is 240 Å². The second kappa shape index (κ2) is 12.5. The van der Waals surface area contributed by atoms with Gasteiger partial charge in [0.25, 0.3) is 0 Å². The molecule has 1 spiro atoms. The molecule has 0 aliphatic carbocycles. The van der Waals surface area contributed by atoms with Crippen molar-refractivity contribution >= 4 is 23.4 Å². The molecule has 3 atom stereocenters. The van der Waals surface area contributed by atoms with Crippen molar-refractivity contribution in [2.75, 3.05) is 36.9 Å². The third-order valence-electron chi connectivity index (χ3n) is 7.46. The Balaban J connectivity index is 1.60. The maximum Gasteiger partial charge on any atom is 0.429 e. The largest absolute Gasteiger partial charge is 0.480 e. The highest BCUT2D eigenvalue weighted by Crippen LogP contribution is 2.41. The maximum absolute atomic E-state index is 14.5. The summed E-state index contributed by atoms with van der Waals surface area (Å²) in [6.07, 6.45) is -2.14. The molecule has 1 unspecified atom stereocenters. The van der Waals surface area contributed by atoms with E-state index in [1.165, 1.54) is 16.9 Å². The first-order valence-corrected chi connectivity index (χ1v) is 13.3. The second-order valence-electron chi connectivity index (χ2n) is 10.5. The van der Waals surface area contributed by atoms with Gasteiger partial charge in [-0.15, -0.1) is 0 Å². The Kier molecular flexibility index (Phi) is 9.23. The lowest BCUT2D eigenvalue weighted by Gasteiger charge is -2.39. The first kappa shape index (κ1) is 31.0. The minimum atomic E-state index is -4.94. The lowest BCUT2D eigenvalue weighted by molar-refractivity contribution is -0.182. The van der Waals surface area contributed by atoms with Crippen molar-refractivity contribution in [2.24, 2.45) is 5.41 Å². The van der Waals surface area contributed by atoms with Crippen LogP contribution in [0.4, 0.5) is 24.9 Å². The molecule has 2 fully saturated rings. The number of anilines is 2. The molecule has 2 aliphatic heterocycles. The number of aromatic nitrogens is 4. The van der Waals surface area contributed by atoms with Crippen LogP contribution in [0.5, 0.6) is 5.88 Å². The van der Waals surface area contributed by atoms with Crippen LogP contribution < -0.4 is 20.7 Å². The molecule has 2 aliphatic rings. The van der Waals surface area contributed by atoms with Crippen LogP contribution in [0.25, 0.3) is 5.70 Å². The Morgan fingerprint density at radius 1 is 1.36 bits per heavy atom. The van der Waals surface area contributed by atoms with Gasteiger partial charge in [-0.25, -0.2) is 4.68 Å². The summed E-state index contributed by atoms with van der Waals surface area (Å²) in [5.41, 5.74) is 5.69. The van der Waals surface area contributed by atoms with Gasteiger partial charge < -0.3 is 36.0 Å². The summed E-state index contributed by atoms with van der Waals surface area (Å²) in [6.45, 7) is 6.40. The average molecular weight is 594 g/mol. The number of nitrogens with zero attached hydrogens (tertiary/aromatic N) is 5. The van der Waals surface area contributed by atoms with Crippen LogP contribution in [0.15, 0.2) is 48.7 Å². The summed E-state index contributed by atoms with van der Waals surface area (Å²) in [7, 11) is 0. The molecule has 2 saturated heterocycles. The third kappa shape index (κ3) is 7.27. The van der Waals surface area contributed by atoms with E-state index in [4.69, 9.17) is 15.6 Å². The predicted molar refractivity (Wildman–Crippen MR) is 147 cm³/mol. The number of hydrogen-bond donors (Lipinski definition) is 5. The number of aliphatic hydroxyl groups excluding tert-OH is 2. The van der Waals surface area contributed by atoms with Gasteiger partial charge in [-0.3, -0.25) is 4.79 Å². The van der Waals surface area contributed by atoms with Gasteiger partial charge in [0.1, 0.15) is 11.9 Å². The fourth-order valence-corrected chi connectivity index (χ4v) is 5.14. The van der Waals surface area contributed by atoms with Crippen LogP contribution in [0, 0.1) is 12.3 Å². The number of nitrogen functional groups attached to an aromatic ring is 1. The van der Waals surface area contributed by atoms with Gasteiger partial charge in [-0.05, 0) is 37.7 Å². The zero-order valence-electron chi connectivity index (χ0n) is 23.0. The second-order valence-corrected chi connectivity index (χ2v) is 10.5. The van der Waals surface area contributed by atoms with Crippen molar-refractivity contribution in [1.29, 1.82) is 0 Å². The van der Waals surface area contributed by atoms with Gasteiger partial charge >= 0.3 is 12.1 Å². The Hall–Kier alpha value is -3.95. The maximum atomic E-state index is 14.5. The van der Waals surface area contributed by atoms with Crippen molar-refractivity contribution in [2.45, 2.75) is 50.6 Å². The molecule has 15 heteroatoms. The zero-order chi connectivity index (χ0) is 30.7. The molecule has 0 saturated carbocycles. The molecule has 0 bridgehead atoms. The molecule has 6 N–H and O–H groups in total. The van der Waals surface area contributed by atoms with Crippen LogP contribution >= 0.6 is 0 Å². The smallest absolute Gasteiger partial charge is 0.429 e. The van der Waals surface area contributed by atoms with E-state index >= 15 is 0 Å². The Morgan fingerprint density at radius 2 is 2.07 bits per heavy atom. The quantitative estimate of drug-likeness (QED) is 0.255. The number of nitrogens with two attached hydrogens (primary N) is 1. The van der Waals surface area contributed by atoms with Gasteiger partial charge in [-0.2, -0.15) is 28.2 Å². The summed E-state index contributed by atoms with van der Waals surface area (Å²) in [6, 6.07) is 2.28. The van der Waals surface area contributed by atoms with E-state index in [2.05, 4.69) is 27.0 Å². The minimum Gasteiger partial charge on any atom is -0.480 e. The van der Waals surface area contributed by atoms with Gasteiger partial charge in [0, 0.05) is 37.5 Å². The molecule has 0 radical (unpaired) electrons. The van der Waals surface area contributed by atoms with Crippen molar-refractivity contribution in [1.82, 2.24) is 25.1 Å². The molecule has 4 heterocycles. The molecule has 2 aromatic heterocycles. The topological polar surface area (TPSA) is 172 Å². The molecule has 42 heavy (non-hydrogen) atoms. The number of carboxylic acid groups (broad SMARTS) is 1. The van der Waals surface area contributed by atoms with E-state index in [1.54, 1.807) is 13.0 Å². The number of carbonyl (C=O) groups is 1. The Bertz CT molecular complexity index is 1350. The Morgan fingerprint density at radius 3 is 2.64 bits per heavy atom. The summed E-state index contributed by atoms with van der Waals surface area (Å²) in [5, 5.41) is 35.2. The van der Waals surface area contributed by atoms with E-state index in [0.29, 0.717) is 44.6 Å². The summed E-state index contributed by atoms with van der Waals surface area (Å²) in [5.74, 6) is -1.30. The zero-order valence-corrected chi connectivity index (χ0v) is 23.0. The van der Waals surface area contributed by atoms with Gasteiger partial charge in [0.2, 0.25) is 17.9 Å². The number of aliphatic hydroxyl groups is 2. The number of ether oxygens (including phenoxy) is 1. The molecule has 4 rings (SSSR count). The molecule has 12 nitrogen and oxygen atoms in total. The molecule has 0 amide bonds. The van der Waals surface area contributed by atoms with Gasteiger partial charge in [0.05, 0.1) is 24.1 Å². The molecule has 2 aromatic rings. The van der Waals surface area contributed by atoms with Crippen molar-refractivity contribution in [3.63, 3.8) is 0 Å². The summed E-state index contributed by atoms with van der Waals surface area (Å²) >= 11 is 0. The number of aliphatic carboxylic acids is 1. The normalized spacial score (nSPS) is 20.7. The van der Waals surface area contributed by atoms with E-state index in [-0.39, 0.29) is 22.9 Å². The lowest BCUT2D eigenvalue weighted by atomic mass is 9.76. The summed E-state index contributed by atoms with van der Waals surface area (Å²) in [4.78, 5) is 21.3. The van der Waals surface area contributed by atoms with Crippen molar-refractivity contribution in [3.05, 3.63) is 54.4 Å². The standard InChI is InChI=1S/C27H34F3N7O5/c1-16-6-9-37(35-16)17(2)19(5-3-4-18(39)14-38)23(27(28,29)30)42-22-12-21(33-25(31)34-22)36-10-7-26(8-11-36)13-20(24(40)41)32-15-26/h3-6,9,12,18,20,23,32,38-39H,2,7-8,10-11,13-15H2,1H3,(H,40,41)(H2,31,33,34)/b4-3+,19-5+/t18?,20-,23+/m0/s1. The van der Waals surface area contributed by atoms with Gasteiger partial charge in [-0.1, -0.05) is 24.8 Å². The fourth-order valence-electron chi connectivity index (χ4n) is 5.14. The third-order valence-corrected chi connectivity index (χ3v) is 7.46. The molecule has 228 valence electrons. The number of nitrogens with one attached hydrogen (secondary N) is 1. The number of piperidine rings is 1. The number of aryl methyl sites for hydroxylation is 1. The minimum absolute atomic E-state index is 0.137. The SMILES string of the molecule is C=C(/C(=C\C=C\C(O)CO)[C@@H](Oc1cc(N2CCC3(CC2)CN[C@H](C(=O)O)C3)nc(N)n1)C(F)(F)F)n1ccc(C)n1. The average Bonchev–Trinajstić information content (AvgIpc) is 3.56. The van der Waals surface area contributed by atoms with E-state index in [0.717, 1.165) is 18.2 Å². The first-order chi connectivity index (χ1) is 19.8. The number of carboxylic acids is 1. The molecular weight excluding hydrogens is 559 g/mol. The summed E-state index contributed by atoms with van der Waals surface area (Å²) < 4.78 is 50.2. The van der Waals surface area contributed by atoms with Crippen molar-refractivity contribution < 1.29 is 38.0 Å². The van der Waals surface area contributed by atoms with Crippen LogP contribution in [0.1, 0.15) is 25.0 Å². The number of hydrogen-bond acceptors (Lipinski definition) is 10. The molecule has 0 aromatic carbocycles. The van der Waals surface area contributed by atoms with Crippen LogP contribution in [0.3, 0.4) is 0 Å². The molecular formula is C27H34F3N7O5. The van der Waals surface area contributed by atoms with Crippen LogP contribution in [-0.4, -0.2) is 91.7 Å². The van der Waals surface area contributed by atoms with Crippen LogP contribution in [-0.2, 0) is 4.79 Å². The van der Waals surface area contributed by atoms with E-state index in [9.17, 15) is 28.2 Å². The number of halogens is 3. The van der Waals surface area contributed by atoms with Crippen molar-refractivity contribution in [3.8, 4) is 5.88 Å². The lowest BCUT2D eigenvalue weighted by Crippen LogP contribution is -2.41. The predicted octanol–water partition coefficient (Wildman–Crippen LogP) is 1.91. The fraction of sp³-hybridized carbons (Fsp3) is 0.481. The highest BCUT2D eigenvalue weighted by molar-refractivity contribution is 5.74. The van der Waals surface area contributed by atoms with Gasteiger partial charge in [0.15, 0.2) is 0 Å². The number of alkyl halides is 3. The highest BCUT2D eigenvalue weighted by Gasteiger charge is 2.46. The monoisotopic (exact) mass is 593 g/mol. The van der Waals surface area contributed by atoms with Crippen LogP contribution in [0.2, 0.25) is 0 Å². The highest BCUT2D eigenvalue weighted by atomic mass is 19.4. The number of allylic oxidation sites excluding steroid dienone is 2. The number of rotatable bonds is 10. The first-order valence-electron chi connectivity index (χ1n) is 13.3. The van der Waals surface area contributed by atoms with E-state index in [1.807, 2.05) is 4.90 Å². The van der Waals surface area contributed by atoms with E-state index < -0.39 is 48.5 Å².